The number of carbonyl (C=O) groups is 2. The number of nitrogens with one attached hydrogen (secondary N) is 1. The average molecular weight is 434 g/mol. The molecule has 3 N–H and O–H groups in total. The number of hydrogen-bond acceptors (Lipinski definition) is 3. The van der Waals surface area contributed by atoms with Crippen LogP contribution in [0.5, 0.6) is 5.75 Å². The van der Waals surface area contributed by atoms with E-state index in [0.717, 1.165) is 16.7 Å². The van der Waals surface area contributed by atoms with Gasteiger partial charge in [0.05, 0.1) is 10.6 Å². The Hall–Kier alpha value is -2.76. The standard InChI is InChI=1S/C22H21Cl2NO4/c1-13(23)11-19(22(28)29)14(2)25-21(27)10-5-15-3-6-16(7-4-15)18-9-8-17(26)12-20(18)24/h3-4,6-9,11-12,26H,5,10H2,1-2H3,(H,25,27)(H,28,29)/b13-11+,19-14-. The Morgan fingerprint density at radius 1 is 1.10 bits per heavy atom. The first-order chi connectivity index (χ1) is 13.7. The summed E-state index contributed by atoms with van der Waals surface area (Å²) in [6.45, 7) is 3.09. The molecule has 0 atom stereocenters. The van der Waals surface area contributed by atoms with Crippen molar-refractivity contribution in [2.24, 2.45) is 0 Å². The summed E-state index contributed by atoms with van der Waals surface area (Å²) < 4.78 is 0. The number of aryl methyl sites for hydroxylation is 1. The van der Waals surface area contributed by atoms with Crippen LogP contribution in [-0.4, -0.2) is 22.1 Å². The number of aliphatic carboxylic acids is 1. The lowest BCUT2D eigenvalue weighted by molar-refractivity contribution is -0.132. The summed E-state index contributed by atoms with van der Waals surface area (Å²) in [6.07, 6.45) is 2.00. The van der Waals surface area contributed by atoms with E-state index in [0.29, 0.717) is 16.5 Å². The molecule has 0 saturated carbocycles. The predicted molar refractivity (Wildman–Crippen MR) is 115 cm³/mol. The minimum Gasteiger partial charge on any atom is -0.508 e. The highest BCUT2D eigenvalue weighted by atomic mass is 35.5. The van der Waals surface area contributed by atoms with Crippen LogP contribution >= 0.6 is 23.2 Å². The number of amides is 1. The second-order valence-corrected chi connectivity index (χ2v) is 7.49. The van der Waals surface area contributed by atoms with Crippen molar-refractivity contribution in [2.45, 2.75) is 26.7 Å². The second kappa shape index (κ2) is 10.1. The first kappa shape index (κ1) is 22.5. The van der Waals surface area contributed by atoms with Gasteiger partial charge >= 0.3 is 5.97 Å². The molecule has 5 nitrogen and oxygen atoms in total. The van der Waals surface area contributed by atoms with E-state index in [1.807, 2.05) is 24.3 Å². The van der Waals surface area contributed by atoms with Gasteiger partial charge in [0.2, 0.25) is 5.91 Å². The molecule has 0 aliphatic heterocycles. The zero-order valence-corrected chi connectivity index (χ0v) is 17.5. The molecule has 1 amide bonds. The number of carboxylic acid groups (broad SMARTS) is 1. The maximum atomic E-state index is 12.2. The van der Waals surface area contributed by atoms with E-state index >= 15 is 0 Å². The molecule has 2 aromatic carbocycles. The highest BCUT2D eigenvalue weighted by molar-refractivity contribution is 6.33. The summed E-state index contributed by atoms with van der Waals surface area (Å²) >= 11 is 11.9. The van der Waals surface area contributed by atoms with Gasteiger partial charge in [-0.3, -0.25) is 4.79 Å². The number of carboxylic acids is 1. The quantitative estimate of drug-likeness (QED) is 0.410. The molecule has 2 rings (SSSR count). The van der Waals surface area contributed by atoms with E-state index in [4.69, 9.17) is 23.2 Å². The van der Waals surface area contributed by atoms with Gasteiger partial charge in [-0.2, -0.15) is 0 Å². The Morgan fingerprint density at radius 3 is 2.31 bits per heavy atom. The van der Waals surface area contributed by atoms with Gasteiger partial charge in [-0.05, 0) is 55.7 Å². The minimum absolute atomic E-state index is 0.0546. The van der Waals surface area contributed by atoms with E-state index in [-0.39, 0.29) is 29.3 Å². The predicted octanol–water partition coefficient (Wildman–Crippen LogP) is 5.26. The first-order valence-corrected chi connectivity index (χ1v) is 9.58. The molecular weight excluding hydrogens is 413 g/mol. The SMILES string of the molecule is C/C(NC(=O)CCc1ccc(-c2ccc(O)cc2Cl)cc1)=C(\C=C(/C)Cl)C(=O)O. The minimum atomic E-state index is -1.16. The molecule has 0 bridgehead atoms. The fourth-order valence-electron chi connectivity index (χ4n) is 2.72. The van der Waals surface area contributed by atoms with Gasteiger partial charge in [-0.15, -0.1) is 0 Å². The van der Waals surface area contributed by atoms with Gasteiger partial charge in [0.15, 0.2) is 0 Å². The molecule has 2 aromatic rings. The van der Waals surface area contributed by atoms with Gasteiger partial charge in [-0.1, -0.05) is 47.5 Å². The maximum Gasteiger partial charge on any atom is 0.337 e. The molecule has 29 heavy (non-hydrogen) atoms. The molecule has 0 unspecified atom stereocenters. The molecular formula is C22H21Cl2NO4. The van der Waals surface area contributed by atoms with Crippen LogP contribution in [-0.2, 0) is 16.0 Å². The van der Waals surface area contributed by atoms with Gasteiger partial charge in [-0.25, -0.2) is 4.79 Å². The molecule has 0 heterocycles. The number of halogens is 2. The zero-order valence-electron chi connectivity index (χ0n) is 16.0. The van der Waals surface area contributed by atoms with Crippen molar-refractivity contribution in [1.29, 1.82) is 0 Å². The van der Waals surface area contributed by atoms with Gasteiger partial charge in [0.25, 0.3) is 0 Å². The van der Waals surface area contributed by atoms with Crippen LogP contribution in [0.15, 0.2) is 64.8 Å². The molecule has 0 radical (unpaired) electrons. The third kappa shape index (κ3) is 6.66. The summed E-state index contributed by atoms with van der Waals surface area (Å²) in [5, 5.41) is 22.1. The molecule has 0 spiro atoms. The largest absolute Gasteiger partial charge is 0.508 e. The number of aromatic hydroxyl groups is 1. The summed E-state index contributed by atoms with van der Waals surface area (Å²) in [5.41, 5.74) is 2.84. The van der Waals surface area contributed by atoms with Gasteiger partial charge in [0, 0.05) is 22.7 Å². The summed E-state index contributed by atoms with van der Waals surface area (Å²) in [7, 11) is 0. The Bertz CT molecular complexity index is 975. The number of hydrogen-bond donors (Lipinski definition) is 3. The molecule has 0 saturated heterocycles. The van der Waals surface area contributed by atoms with E-state index < -0.39 is 5.97 Å². The van der Waals surface area contributed by atoms with Crippen molar-refractivity contribution in [1.82, 2.24) is 5.32 Å². The number of rotatable bonds is 7. The topological polar surface area (TPSA) is 86.6 Å². The number of phenols is 1. The van der Waals surface area contributed by atoms with Crippen LogP contribution in [0.4, 0.5) is 0 Å². The maximum absolute atomic E-state index is 12.2. The Kier molecular flexibility index (Phi) is 7.88. The highest BCUT2D eigenvalue weighted by Gasteiger charge is 2.12. The van der Waals surface area contributed by atoms with E-state index in [1.165, 1.54) is 19.1 Å². The Morgan fingerprint density at radius 2 is 1.76 bits per heavy atom. The van der Waals surface area contributed by atoms with Crippen molar-refractivity contribution >= 4 is 35.1 Å². The lowest BCUT2D eigenvalue weighted by Crippen LogP contribution is -2.24. The average Bonchev–Trinajstić information content (AvgIpc) is 2.64. The van der Waals surface area contributed by atoms with Crippen LogP contribution in [0.25, 0.3) is 11.1 Å². The molecule has 0 aromatic heterocycles. The van der Waals surface area contributed by atoms with E-state index in [1.54, 1.807) is 19.1 Å². The molecule has 0 aliphatic carbocycles. The molecule has 0 aliphatic rings. The van der Waals surface area contributed by atoms with E-state index in [9.17, 15) is 19.8 Å². The van der Waals surface area contributed by atoms with Crippen LogP contribution in [0, 0.1) is 0 Å². The lowest BCUT2D eigenvalue weighted by Gasteiger charge is -2.09. The number of carbonyl (C=O) groups excluding carboxylic acids is 1. The van der Waals surface area contributed by atoms with Crippen molar-refractivity contribution < 1.29 is 19.8 Å². The van der Waals surface area contributed by atoms with Crippen LogP contribution in [0.1, 0.15) is 25.8 Å². The van der Waals surface area contributed by atoms with Crippen LogP contribution in [0.2, 0.25) is 5.02 Å². The Balaban J connectivity index is 2.02. The fourth-order valence-corrected chi connectivity index (χ4v) is 3.11. The second-order valence-electron chi connectivity index (χ2n) is 6.48. The number of phenolic OH excluding ortho intramolecular Hbond substituents is 1. The third-order valence-electron chi connectivity index (χ3n) is 4.16. The third-order valence-corrected chi connectivity index (χ3v) is 4.58. The fraction of sp³-hybridized carbons (Fsp3) is 0.182. The number of benzene rings is 2. The van der Waals surface area contributed by atoms with Crippen molar-refractivity contribution in [3.05, 3.63) is 75.4 Å². The highest BCUT2D eigenvalue weighted by Crippen LogP contribution is 2.30. The monoisotopic (exact) mass is 433 g/mol. The number of allylic oxidation sites excluding steroid dienone is 2. The van der Waals surface area contributed by atoms with Crippen molar-refractivity contribution in [3.63, 3.8) is 0 Å². The summed E-state index contributed by atoms with van der Waals surface area (Å²) in [5.74, 6) is -1.34. The van der Waals surface area contributed by atoms with Crippen LogP contribution < -0.4 is 5.32 Å². The zero-order chi connectivity index (χ0) is 21.6. The van der Waals surface area contributed by atoms with Gasteiger partial charge in [0.1, 0.15) is 5.75 Å². The van der Waals surface area contributed by atoms with E-state index in [2.05, 4.69) is 5.32 Å². The molecule has 152 valence electrons. The van der Waals surface area contributed by atoms with Crippen LogP contribution in [0.3, 0.4) is 0 Å². The van der Waals surface area contributed by atoms with Crippen molar-refractivity contribution in [3.8, 4) is 16.9 Å². The lowest BCUT2D eigenvalue weighted by atomic mass is 10.0. The Labute approximate surface area is 179 Å². The first-order valence-electron chi connectivity index (χ1n) is 8.83. The molecule has 7 heteroatoms. The summed E-state index contributed by atoms with van der Waals surface area (Å²) in [6, 6.07) is 12.4. The smallest absolute Gasteiger partial charge is 0.337 e. The molecule has 0 fully saturated rings. The summed E-state index contributed by atoms with van der Waals surface area (Å²) in [4.78, 5) is 23.5. The van der Waals surface area contributed by atoms with Crippen molar-refractivity contribution in [2.75, 3.05) is 0 Å². The van der Waals surface area contributed by atoms with Gasteiger partial charge < -0.3 is 15.5 Å². The normalized spacial score (nSPS) is 12.3.